The van der Waals surface area contributed by atoms with Gasteiger partial charge in [0.15, 0.2) is 5.96 Å². The molecule has 1 saturated heterocycles. The maximum absolute atomic E-state index is 5.21. The van der Waals surface area contributed by atoms with Crippen LogP contribution in [0.1, 0.15) is 0 Å². The Morgan fingerprint density at radius 2 is 1.91 bits per heavy atom. The van der Waals surface area contributed by atoms with Crippen LogP contribution in [-0.2, 0) is 0 Å². The minimum Gasteiger partial charge on any atom is -0.497 e. The molecule has 0 aromatic heterocycles. The SMILES string of the molecule is CN=C(NCCSC)N1CCN(c2ccc(OC)cc2)CC1. The monoisotopic (exact) mass is 322 g/mol. The number of thioether (sulfide) groups is 1. The van der Waals surface area contributed by atoms with E-state index in [1.54, 1.807) is 7.11 Å². The summed E-state index contributed by atoms with van der Waals surface area (Å²) in [4.78, 5) is 9.13. The number of anilines is 1. The summed E-state index contributed by atoms with van der Waals surface area (Å²) in [6.45, 7) is 4.97. The molecule has 5 nitrogen and oxygen atoms in total. The zero-order valence-electron chi connectivity index (χ0n) is 13.7. The van der Waals surface area contributed by atoms with Gasteiger partial charge in [-0.3, -0.25) is 4.99 Å². The number of hydrogen-bond acceptors (Lipinski definition) is 4. The van der Waals surface area contributed by atoms with Gasteiger partial charge in [-0.25, -0.2) is 0 Å². The molecule has 22 heavy (non-hydrogen) atoms. The van der Waals surface area contributed by atoms with Crippen molar-refractivity contribution in [3.8, 4) is 5.75 Å². The van der Waals surface area contributed by atoms with Gasteiger partial charge in [-0.1, -0.05) is 0 Å². The second kappa shape index (κ2) is 8.78. The van der Waals surface area contributed by atoms with Gasteiger partial charge in [0.2, 0.25) is 0 Å². The summed E-state index contributed by atoms with van der Waals surface area (Å²) in [5.41, 5.74) is 1.26. The van der Waals surface area contributed by atoms with Crippen LogP contribution in [-0.4, -0.2) is 69.7 Å². The Balaban J connectivity index is 1.86. The summed E-state index contributed by atoms with van der Waals surface area (Å²) in [5.74, 6) is 3.02. The minimum atomic E-state index is 0.904. The van der Waals surface area contributed by atoms with Gasteiger partial charge in [-0.05, 0) is 30.5 Å². The fourth-order valence-corrected chi connectivity index (χ4v) is 2.87. The highest BCUT2D eigenvalue weighted by Gasteiger charge is 2.19. The lowest BCUT2D eigenvalue weighted by molar-refractivity contribution is 0.373. The zero-order chi connectivity index (χ0) is 15.8. The van der Waals surface area contributed by atoms with E-state index in [4.69, 9.17) is 4.74 Å². The highest BCUT2D eigenvalue weighted by atomic mass is 32.2. The van der Waals surface area contributed by atoms with Crippen molar-refractivity contribution in [3.05, 3.63) is 24.3 Å². The quantitative estimate of drug-likeness (QED) is 0.508. The van der Waals surface area contributed by atoms with Gasteiger partial charge >= 0.3 is 0 Å². The number of benzene rings is 1. The molecule has 122 valence electrons. The molecule has 6 heteroatoms. The number of rotatable bonds is 5. The minimum absolute atomic E-state index is 0.904. The van der Waals surface area contributed by atoms with Gasteiger partial charge in [0.25, 0.3) is 0 Å². The molecule has 1 N–H and O–H groups in total. The Labute approximate surface area is 137 Å². The van der Waals surface area contributed by atoms with Crippen LogP contribution < -0.4 is 15.0 Å². The maximum atomic E-state index is 5.21. The smallest absolute Gasteiger partial charge is 0.193 e. The summed E-state index contributed by atoms with van der Waals surface area (Å²) in [5, 5.41) is 3.43. The fraction of sp³-hybridized carbons (Fsp3) is 0.562. The standard InChI is InChI=1S/C16H26N4OS/c1-17-16(18-8-13-22-3)20-11-9-19(10-12-20)14-4-6-15(21-2)7-5-14/h4-7H,8-13H2,1-3H3,(H,17,18). The van der Waals surface area contributed by atoms with E-state index in [1.807, 2.05) is 30.9 Å². The Morgan fingerprint density at radius 3 is 2.45 bits per heavy atom. The van der Waals surface area contributed by atoms with Crippen molar-refractivity contribution in [1.82, 2.24) is 10.2 Å². The molecule has 0 amide bonds. The van der Waals surface area contributed by atoms with Crippen LogP contribution in [0.3, 0.4) is 0 Å². The van der Waals surface area contributed by atoms with Gasteiger partial charge in [-0.15, -0.1) is 0 Å². The Hall–Kier alpha value is -1.56. The number of ether oxygens (including phenoxy) is 1. The molecule has 1 aromatic carbocycles. The lowest BCUT2D eigenvalue weighted by Gasteiger charge is -2.37. The molecule has 0 saturated carbocycles. The van der Waals surface area contributed by atoms with E-state index in [2.05, 4.69) is 38.5 Å². The fourth-order valence-electron chi connectivity index (χ4n) is 2.57. The van der Waals surface area contributed by atoms with Crippen LogP contribution >= 0.6 is 11.8 Å². The van der Waals surface area contributed by atoms with Crippen molar-refractivity contribution in [2.75, 3.05) is 63.8 Å². The van der Waals surface area contributed by atoms with Crippen molar-refractivity contribution in [1.29, 1.82) is 0 Å². The lowest BCUT2D eigenvalue weighted by Crippen LogP contribution is -2.52. The third-order valence-corrected chi connectivity index (χ3v) is 4.43. The Bertz CT molecular complexity index is 470. The molecular formula is C16H26N4OS. The summed E-state index contributed by atoms with van der Waals surface area (Å²) < 4.78 is 5.21. The first-order valence-corrected chi connectivity index (χ1v) is 9.01. The first kappa shape index (κ1) is 16.8. The highest BCUT2D eigenvalue weighted by Crippen LogP contribution is 2.20. The van der Waals surface area contributed by atoms with Gasteiger partial charge in [0.1, 0.15) is 5.75 Å². The normalized spacial score (nSPS) is 15.9. The molecular weight excluding hydrogens is 296 g/mol. The number of hydrogen-bond donors (Lipinski definition) is 1. The number of guanidine groups is 1. The van der Waals surface area contributed by atoms with Crippen LogP contribution in [0.25, 0.3) is 0 Å². The first-order valence-electron chi connectivity index (χ1n) is 7.62. The molecule has 0 aliphatic carbocycles. The summed E-state index contributed by atoms with van der Waals surface area (Å²) >= 11 is 1.85. The Morgan fingerprint density at radius 1 is 1.23 bits per heavy atom. The van der Waals surface area contributed by atoms with Crippen LogP contribution in [0.4, 0.5) is 5.69 Å². The number of methoxy groups -OCH3 is 1. The van der Waals surface area contributed by atoms with Crippen molar-refractivity contribution < 1.29 is 4.74 Å². The number of nitrogens with zero attached hydrogens (tertiary/aromatic N) is 3. The molecule has 0 unspecified atom stereocenters. The van der Waals surface area contributed by atoms with Gasteiger partial charge in [0, 0.05) is 51.2 Å². The van der Waals surface area contributed by atoms with E-state index in [1.165, 1.54) is 5.69 Å². The van der Waals surface area contributed by atoms with Crippen LogP contribution in [0.15, 0.2) is 29.3 Å². The molecule has 1 heterocycles. The predicted molar refractivity (Wildman–Crippen MR) is 96.5 cm³/mol. The zero-order valence-corrected chi connectivity index (χ0v) is 14.5. The molecule has 0 radical (unpaired) electrons. The van der Waals surface area contributed by atoms with E-state index in [-0.39, 0.29) is 0 Å². The van der Waals surface area contributed by atoms with Crippen LogP contribution in [0, 0.1) is 0 Å². The predicted octanol–water partition coefficient (Wildman–Crippen LogP) is 1.76. The van der Waals surface area contributed by atoms with E-state index < -0.39 is 0 Å². The number of aliphatic imine (C=N–C) groups is 1. The molecule has 2 rings (SSSR count). The third-order valence-electron chi connectivity index (χ3n) is 3.82. The molecule has 1 fully saturated rings. The number of nitrogens with one attached hydrogen (secondary N) is 1. The van der Waals surface area contributed by atoms with E-state index in [0.29, 0.717) is 0 Å². The van der Waals surface area contributed by atoms with Gasteiger partial charge in [-0.2, -0.15) is 11.8 Å². The third kappa shape index (κ3) is 4.47. The molecule has 1 aromatic rings. The molecule has 0 spiro atoms. The summed E-state index contributed by atoms with van der Waals surface area (Å²) in [7, 11) is 3.56. The van der Waals surface area contributed by atoms with Gasteiger partial charge in [0.05, 0.1) is 7.11 Å². The largest absolute Gasteiger partial charge is 0.497 e. The maximum Gasteiger partial charge on any atom is 0.193 e. The van der Waals surface area contributed by atoms with Crippen molar-refractivity contribution >= 4 is 23.4 Å². The van der Waals surface area contributed by atoms with E-state index >= 15 is 0 Å². The summed E-state index contributed by atoms with van der Waals surface area (Å²) in [6.07, 6.45) is 2.12. The van der Waals surface area contributed by atoms with Crippen molar-refractivity contribution in [2.45, 2.75) is 0 Å². The van der Waals surface area contributed by atoms with Crippen molar-refractivity contribution in [2.24, 2.45) is 4.99 Å². The van der Waals surface area contributed by atoms with Crippen LogP contribution in [0.5, 0.6) is 5.75 Å². The first-order chi connectivity index (χ1) is 10.8. The van der Waals surface area contributed by atoms with Gasteiger partial charge < -0.3 is 19.9 Å². The highest BCUT2D eigenvalue weighted by molar-refractivity contribution is 7.98. The van der Waals surface area contributed by atoms with E-state index in [9.17, 15) is 0 Å². The average molecular weight is 322 g/mol. The van der Waals surface area contributed by atoms with Crippen molar-refractivity contribution in [3.63, 3.8) is 0 Å². The molecule has 0 atom stereocenters. The summed E-state index contributed by atoms with van der Waals surface area (Å²) in [6, 6.07) is 8.29. The average Bonchev–Trinajstić information content (AvgIpc) is 2.59. The molecule has 1 aliphatic rings. The Kier molecular flexibility index (Phi) is 6.71. The number of piperazine rings is 1. The molecule has 0 bridgehead atoms. The second-order valence-corrected chi connectivity index (χ2v) is 6.12. The van der Waals surface area contributed by atoms with Crippen LogP contribution in [0.2, 0.25) is 0 Å². The van der Waals surface area contributed by atoms with E-state index in [0.717, 1.165) is 50.2 Å². The second-order valence-electron chi connectivity index (χ2n) is 5.14. The lowest BCUT2D eigenvalue weighted by atomic mass is 10.2. The molecule has 1 aliphatic heterocycles. The topological polar surface area (TPSA) is 40.1 Å².